The van der Waals surface area contributed by atoms with Gasteiger partial charge >= 0.3 is 0 Å². The number of carbonyl (C=O) groups excluding carboxylic acids is 2. The predicted octanol–water partition coefficient (Wildman–Crippen LogP) is 3.47. The molecule has 0 aliphatic heterocycles. The number of Topliss-reactive ketones (excluding diaryl/α,β-unsaturated/α-hetero) is 1. The van der Waals surface area contributed by atoms with Crippen molar-refractivity contribution >= 4 is 17.4 Å². The number of ketones is 1. The van der Waals surface area contributed by atoms with E-state index in [0.717, 1.165) is 6.07 Å². The van der Waals surface area contributed by atoms with E-state index < -0.39 is 29.0 Å². The minimum Gasteiger partial charge on any atom is -0.455 e. The largest absolute Gasteiger partial charge is 0.455 e. The molecule has 1 aliphatic carbocycles. The summed E-state index contributed by atoms with van der Waals surface area (Å²) in [5.74, 6) is -5.26. The summed E-state index contributed by atoms with van der Waals surface area (Å²) in [6.45, 7) is 0. The summed E-state index contributed by atoms with van der Waals surface area (Å²) >= 11 is 0. The monoisotopic (exact) mass is 309 g/mol. The molecule has 1 amide bonds. The number of hydrogen-bond donors (Lipinski definition) is 1. The number of amides is 1. The number of hydrogen-bond acceptors (Lipinski definition) is 3. The molecule has 0 spiro atoms. The number of halogens is 3. The van der Waals surface area contributed by atoms with Crippen molar-refractivity contribution in [3.8, 4) is 0 Å². The van der Waals surface area contributed by atoms with Gasteiger partial charge in [-0.15, -0.1) is 0 Å². The molecule has 3 rings (SSSR count). The maximum Gasteiger partial charge on any atom is 0.291 e. The van der Waals surface area contributed by atoms with E-state index in [1.54, 1.807) is 0 Å². The zero-order chi connectivity index (χ0) is 15.9. The summed E-state index contributed by atoms with van der Waals surface area (Å²) in [6, 6.07) is 2.88. The lowest BCUT2D eigenvalue weighted by Crippen LogP contribution is -2.13. The van der Waals surface area contributed by atoms with Crippen LogP contribution in [0.25, 0.3) is 0 Å². The molecule has 1 N–H and O–H groups in total. The van der Waals surface area contributed by atoms with Crippen molar-refractivity contribution in [1.29, 1.82) is 0 Å². The zero-order valence-electron chi connectivity index (χ0n) is 11.2. The van der Waals surface area contributed by atoms with E-state index in [4.69, 9.17) is 4.42 Å². The molecule has 0 atom stereocenters. The van der Waals surface area contributed by atoms with Crippen molar-refractivity contribution in [1.82, 2.24) is 0 Å². The fraction of sp³-hybridized carbons (Fsp3) is 0.200. The molecule has 0 saturated carbocycles. The van der Waals surface area contributed by atoms with Gasteiger partial charge < -0.3 is 9.73 Å². The number of fused-ring (bicyclic) bond motifs is 1. The molecule has 1 aromatic heterocycles. The molecular weight excluding hydrogens is 299 g/mol. The Morgan fingerprint density at radius 1 is 1.14 bits per heavy atom. The highest BCUT2D eigenvalue weighted by Gasteiger charge is 2.25. The Balaban J connectivity index is 1.87. The lowest BCUT2D eigenvalue weighted by atomic mass is 9.97. The minimum atomic E-state index is -1.67. The van der Waals surface area contributed by atoms with Crippen molar-refractivity contribution in [2.24, 2.45) is 0 Å². The molecule has 1 aromatic carbocycles. The Morgan fingerprint density at radius 3 is 2.64 bits per heavy atom. The van der Waals surface area contributed by atoms with Crippen molar-refractivity contribution < 1.29 is 27.2 Å². The smallest absolute Gasteiger partial charge is 0.291 e. The minimum absolute atomic E-state index is 0.122. The second kappa shape index (κ2) is 5.32. The van der Waals surface area contributed by atoms with E-state index in [1.165, 1.54) is 6.07 Å². The second-order valence-corrected chi connectivity index (χ2v) is 4.90. The number of anilines is 1. The van der Waals surface area contributed by atoms with Crippen molar-refractivity contribution in [3.05, 3.63) is 52.7 Å². The Labute approximate surface area is 122 Å². The average molecular weight is 309 g/mol. The van der Waals surface area contributed by atoms with Crippen LogP contribution in [0.2, 0.25) is 0 Å². The first-order valence-electron chi connectivity index (χ1n) is 6.58. The molecule has 114 valence electrons. The van der Waals surface area contributed by atoms with Crippen LogP contribution in [-0.2, 0) is 6.42 Å². The Hall–Kier alpha value is -2.57. The molecule has 0 unspecified atom stereocenters. The summed E-state index contributed by atoms with van der Waals surface area (Å²) in [7, 11) is 0. The van der Waals surface area contributed by atoms with Crippen molar-refractivity contribution in [3.63, 3.8) is 0 Å². The van der Waals surface area contributed by atoms with Crippen LogP contribution in [0, 0.1) is 17.5 Å². The molecule has 4 nitrogen and oxygen atoms in total. The fourth-order valence-corrected chi connectivity index (χ4v) is 2.31. The van der Waals surface area contributed by atoms with Crippen LogP contribution in [0.15, 0.2) is 22.6 Å². The lowest BCUT2D eigenvalue weighted by Gasteiger charge is -2.06. The Bertz CT molecular complexity index is 783. The molecule has 0 saturated heterocycles. The van der Waals surface area contributed by atoms with E-state index in [9.17, 15) is 22.8 Å². The van der Waals surface area contributed by atoms with Crippen LogP contribution < -0.4 is 5.32 Å². The summed E-state index contributed by atoms with van der Waals surface area (Å²) < 4.78 is 44.7. The first-order valence-corrected chi connectivity index (χ1v) is 6.58. The quantitative estimate of drug-likeness (QED) is 0.864. The van der Waals surface area contributed by atoms with Gasteiger partial charge in [-0.3, -0.25) is 9.59 Å². The zero-order valence-corrected chi connectivity index (χ0v) is 11.2. The van der Waals surface area contributed by atoms with Gasteiger partial charge in [-0.25, -0.2) is 13.2 Å². The summed E-state index contributed by atoms with van der Waals surface area (Å²) in [6.07, 6.45) is 1.55. The maximum atomic E-state index is 13.5. The lowest BCUT2D eigenvalue weighted by molar-refractivity contribution is 0.0963. The Kier molecular flexibility index (Phi) is 3.48. The van der Waals surface area contributed by atoms with Crippen LogP contribution in [0.4, 0.5) is 18.9 Å². The van der Waals surface area contributed by atoms with Gasteiger partial charge in [-0.1, -0.05) is 0 Å². The Morgan fingerprint density at radius 2 is 1.91 bits per heavy atom. The third-order valence-corrected chi connectivity index (χ3v) is 3.42. The van der Waals surface area contributed by atoms with Crippen LogP contribution in [-0.4, -0.2) is 11.7 Å². The van der Waals surface area contributed by atoms with Gasteiger partial charge in [-0.05, 0) is 18.6 Å². The molecule has 22 heavy (non-hydrogen) atoms. The third kappa shape index (κ3) is 2.38. The topological polar surface area (TPSA) is 59.3 Å². The first kappa shape index (κ1) is 14.4. The summed E-state index contributed by atoms with van der Waals surface area (Å²) in [5.41, 5.74) is -0.174. The summed E-state index contributed by atoms with van der Waals surface area (Å²) in [5, 5.41) is 2.09. The first-order chi connectivity index (χ1) is 10.5. The van der Waals surface area contributed by atoms with Crippen LogP contribution in [0.5, 0.6) is 0 Å². The average Bonchev–Trinajstić information content (AvgIpc) is 2.93. The normalized spacial score (nSPS) is 13.9. The number of rotatable bonds is 2. The highest BCUT2D eigenvalue weighted by atomic mass is 19.2. The van der Waals surface area contributed by atoms with Gasteiger partial charge in [-0.2, -0.15) is 0 Å². The van der Waals surface area contributed by atoms with Crippen LogP contribution >= 0.6 is 0 Å². The van der Waals surface area contributed by atoms with Crippen LogP contribution in [0.1, 0.15) is 39.5 Å². The van der Waals surface area contributed by atoms with Gasteiger partial charge in [0.2, 0.25) is 0 Å². The molecule has 1 heterocycles. The number of benzene rings is 1. The van der Waals surface area contributed by atoms with Gasteiger partial charge in [0.25, 0.3) is 5.91 Å². The molecule has 0 bridgehead atoms. The van der Waals surface area contributed by atoms with Crippen molar-refractivity contribution in [2.45, 2.75) is 19.3 Å². The number of carbonyl (C=O) groups is 2. The van der Waals surface area contributed by atoms with E-state index in [0.29, 0.717) is 36.7 Å². The van der Waals surface area contributed by atoms with Crippen LogP contribution in [0.3, 0.4) is 0 Å². The number of furan rings is 1. The maximum absolute atomic E-state index is 13.5. The molecule has 1 aliphatic rings. The number of aryl methyl sites for hydroxylation is 1. The summed E-state index contributed by atoms with van der Waals surface area (Å²) in [4.78, 5) is 23.7. The highest BCUT2D eigenvalue weighted by molar-refractivity contribution is 6.05. The van der Waals surface area contributed by atoms with E-state index in [-0.39, 0.29) is 11.5 Å². The van der Waals surface area contributed by atoms with Gasteiger partial charge in [0.15, 0.2) is 29.0 Å². The van der Waals surface area contributed by atoms with Crippen molar-refractivity contribution in [2.75, 3.05) is 5.32 Å². The molecule has 0 fully saturated rings. The standard InChI is InChI=1S/C15H10F3NO3/c16-8-4-5-9(14(18)13(8)17)19-15(21)12-6-7-10(20)2-1-3-11(7)22-12/h4-6H,1-3H2,(H,19,21). The molecule has 7 heteroatoms. The van der Waals surface area contributed by atoms with Gasteiger partial charge in [0.05, 0.1) is 11.3 Å². The van der Waals surface area contributed by atoms with E-state index in [1.807, 2.05) is 0 Å². The second-order valence-electron chi connectivity index (χ2n) is 4.90. The molecule has 2 aromatic rings. The molecule has 0 radical (unpaired) electrons. The predicted molar refractivity (Wildman–Crippen MR) is 70.2 cm³/mol. The fourth-order valence-electron chi connectivity index (χ4n) is 2.31. The number of nitrogens with one attached hydrogen (secondary N) is 1. The van der Waals surface area contributed by atoms with E-state index >= 15 is 0 Å². The third-order valence-electron chi connectivity index (χ3n) is 3.42. The van der Waals surface area contributed by atoms with Gasteiger partial charge in [0.1, 0.15) is 5.76 Å². The van der Waals surface area contributed by atoms with E-state index in [2.05, 4.69) is 5.32 Å². The highest BCUT2D eigenvalue weighted by Crippen LogP contribution is 2.26. The van der Waals surface area contributed by atoms with Gasteiger partial charge in [0, 0.05) is 18.9 Å². The SMILES string of the molecule is O=C(Nc1ccc(F)c(F)c1F)c1cc2c(o1)CCCC2=O. The molecular formula is C15H10F3NO3.